The molecule has 0 saturated carbocycles. The molecule has 106 valence electrons. The topological polar surface area (TPSA) is 66.4 Å². The molecule has 0 atom stereocenters. The average Bonchev–Trinajstić information content (AvgIpc) is 2.41. The van der Waals surface area contributed by atoms with E-state index >= 15 is 0 Å². The van der Waals surface area contributed by atoms with E-state index in [-0.39, 0.29) is 12.3 Å². The van der Waals surface area contributed by atoms with E-state index in [1.54, 1.807) is 12.1 Å². The number of halogens is 2. The summed E-state index contributed by atoms with van der Waals surface area (Å²) in [6, 6.07) is 8.27. The molecule has 2 N–H and O–H groups in total. The third-order valence-electron chi connectivity index (χ3n) is 2.61. The number of nitrogens with one attached hydrogen (secondary N) is 1. The zero-order valence-corrected chi connectivity index (χ0v) is 11.0. The fourth-order valence-electron chi connectivity index (χ4n) is 1.64. The fraction of sp³-hybridized carbons (Fsp3) is 0.0769. The number of benzene rings is 2. The van der Waals surface area contributed by atoms with E-state index in [2.05, 4.69) is 4.72 Å². The second-order valence-corrected chi connectivity index (χ2v) is 5.65. The predicted molar refractivity (Wildman–Crippen MR) is 69.5 cm³/mol. The van der Waals surface area contributed by atoms with Gasteiger partial charge in [0.2, 0.25) is 0 Å². The second-order valence-electron chi connectivity index (χ2n) is 4.00. The SMILES string of the molecule is O=S(=O)(Nc1ccccc1CO)c1cc(F)ccc1F. The molecule has 2 aromatic carbocycles. The van der Waals surface area contributed by atoms with Crippen LogP contribution in [0.4, 0.5) is 14.5 Å². The molecule has 20 heavy (non-hydrogen) atoms. The van der Waals surface area contributed by atoms with Gasteiger partial charge in [-0.25, -0.2) is 17.2 Å². The highest BCUT2D eigenvalue weighted by Crippen LogP contribution is 2.22. The van der Waals surface area contributed by atoms with Crippen LogP contribution in [0, 0.1) is 11.6 Å². The lowest BCUT2D eigenvalue weighted by atomic mass is 10.2. The molecule has 0 aromatic heterocycles. The van der Waals surface area contributed by atoms with Crippen molar-refractivity contribution in [1.29, 1.82) is 0 Å². The van der Waals surface area contributed by atoms with Gasteiger partial charge in [-0.05, 0) is 24.3 Å². The number of sulfonamides is 1. The molecule has 0 radical (unpaired) electrons. The zero-order valence-electron chi connectivity index (χ0n) is 10.2. The van der Waals surface area contributed by atoms with Gasteiger partial charge in [0, 0.05) is 5.56 Å². The van der Waals surface area contributed by atoms with Crippen molar-refractivity contribution >= 4 is 15.7 Å². The molecule has 7 heteroatoms. The van der Waals surface area contributed by atoms with Crippen LogP contribution in [-0.4, -0.2) is 13.5 Å². The summed E-state index contributed by atoms with van der Waals surface area (Å²) in [7, 11) is -4.28. The molecule has 4 nitrogen and oxygen atoms in total. The van der Waals surface area contributed by atoms with Crippen LogP contribution in [0.1, 0.15) is 5.56 Å². The summed E-state index contributed by atoms with van der Waals surface area (Å²) in [5.74, 6) is -1.91. The first-order valence-corrected chi connectivity index (χ1v) is 7.09. The summed E-state index contributed by atoms with van der Waals surface area (Å²) < 4.78 is 52.8. The van der Waals surface area contributed by atoms with Crippen LogP contribution in [0.2, 0.25) is 0 Å². The van der Waals surface area contributed by atoms with Gasteiger partial charge in [-0.2, -0.15) is 0 Å². The Kier molecular flexibility index (Phi) is 4.01. The van der Waals surface area contributed by atoms with Crippen LogP contribution >= 0.6 is 0 Å². The lowest BCUT2D eigenvalue weighted by Gasteiger charge is -2.11. The van der Waals surface area contributed by atoms with Crippen molar-refractivity contribution in [3.05, 3.63) is 59.7 Å². The highest BCUT2D eigenvalue weighted by atomic mass is 32.2. The molecule has 0 spiro atoms. The van der Waals surface area contributed by atoms with E-state index in [0.717, 1.165) is 12.1 Å². The van der Waals surface area contributed by atoms with Crippen molar-refractivity contribution in [2.45, 2.75) is 11.5 Å². The molecule has 0 bridgehead atoms. The average molecular weight is 299 g/mol. The lowest BCUT2D eigenvalue weighted by Crippen LogP contribution is -2.16. The molecular formula is C13H11F2NO3S. The predicted octanol–water partition coefficient (Wildman–Crippen LogP) is 2.26. The minimum absolute atomic E-state index is 0.110. The minimum Gasteiger partial charge on any atom is -0.392 e. The Balaban J connectivity index is 2.43. The Labute approximate surface area is 114 Å². The van der Waals surface area contributed by atoms with E-state index in [1.165, 1.54) is 12.1 Å². The normalized spacial score (nSPS) is 11.3. The first-order chi connectivity index (χ1) is 9.44. The standard InChI is InChI=1S/C13H11F2NO3S/c14-10-5-6-11(15)13(7-10)20(18,19)16-12-4-2-1-3-9(12)8-17/h1-7,16-17H,8H2. The van der Waals surface area contributed by atoms with Gasteiger partial charge in [0.15, 0.2) is 0 Å². The summed E-state index contributed by atoms with van der Waals surface area (Å²) in [6.45, 7) is -0.385. The first kappa shape index (κ1) is 14.4. The van der Waals surface area contributed by atoms with Crippen LogP contribution in [0.5, 0.6) is 0 Å². The van der Waals surface area contributed by atoms with Gasteiger partial charge in [0.1, 0.15) is 16.5 Å². The quantitative estimate of drug-likeness (QED) is 0.910. The van der Waals surface area contributed by atoms with Crippen LogP contribution < -0.4 is 4.72 Å². The van der Waals surface area contributed by atoms with Gasteiger partial charge in [-0.1, -0.05) is 18.2 Å². The van der Waals surface area contributed by atoms with E-state index in [0.29, 0.717) is 11.6 Å². The summed E-state index contributed by atoms with van der Waals surface area (Å²) in [4.78, 5) is -0.787. The van der Waals surface area contributed by atoms with E-state index in [9.17, 15) is 17.2 Å². The highest BCUT2D eigenvalue weighted by molar-refractivity contribution is 7.92. The number of hydrogen-bond acceptors (Lipinski definition) is 3. The molecule has 0 aliphatic rings. The van der Waals surface area contributed by atoms with Gasteiger partial charge in [-0.3, -0.25) is 4.72 Å². The van der Waals surface area contributed by atoms with Crippen LogP contribution in [0.25, 0.3) is 0 Å². The molecule has 2 aromatic rings. The zero-order chi connectivity index (χ0) is 14.8. The second kappa shape index (κ2) is 5.56. The lowest BCUT2D eigenvalue weighted by molar-refractivity contribution is 0.282. The summed E-state index contributed by atoms with van der Waals surface area (Å²) in [6.07, 6.45) is 0. The van der Waals surface area contributed by atoms with Crippen molar-refractivity contribution in [1.82, 2.24) is 0 Å². The largest absolute Gasteiger partial charge is 0.392 e. The number of anilines is 1. The van der Waals surface area contributed by atoms with Gasteiger partial charge in [0.05, 0.1) is 12.3 Å². The van der Waals surface area contributed by atoms with Gasteiger partial charge >= 0.3 is 0 Å². The summed E-state index contributed by atoms with van der Waals surface area (Å²) >= 11 is 0. The number of aliphatic hydroxyl groups excluding tert-OH is 1. The number of para-hydroxylation sites is 1. The molecule has 0 fully saturated rings. The summed E-state index contributed by atoms with van der Waals surface area (Å²) in [5, 5.41) is 9.12. The van der Waals surface area contributed by atoms with Gasteiger partial charge in [-0.15, -0.1) is 0 Å². The third-order valence-corrected chi connectivity index (χ3v) is 4.00. The monoisotopic (exact) mass is 299 g/mol. The number of aliphatic hydroxyl groups is 1. The Morgan fingerprint density at radius 3 is 2.50 bits per heavy atom. The Bertz CT molecular complexity index is 732. The van der Waals surface area contributed by atoms with Gasteiger partial charge in [0.25, 0.3) is 10.0 Å². The molecule has 0 amide bonds. The molecule has 0 unspecified atom stereocenters. The van der Waals surface area contributed by atoms with Crippen molar-refractivity contribution < 1.29 is 22.3 Å². The summed E-state index contributed by atoms with van der Waals surface area (Å²) in [5.41, 5.74) is 0.437. The molecule has 0 heterocycles. The molecule has 2 rings (SSSR count). The maximum absolute atomic E-state index is 13.5. The maximum atomic E-state index is 13.5. The van der Waals surface area contributed by atoms with Crippen molar-refractivity contribution in [2.24, 2.45) is 0 Å². The molecule has 0 saturated heterocycles. The molecule has 0 aliphatic carbocycles. The molecular weight excluding hydrogens is 288 g/mol. The third kappa shape index (κ3) is 2.94. The van der Waals surface area contributed by atoms with E-state index < -0.39 is 26.6 Å². The van der Waals surface area contributed by atoms with Crippen LogP contribution in [-0.2, 0) is 16.6 Å². The van der Waals surface area contributed by atoms with Crippen LogP contribution in [0.3, 0.4) is 0 Å². The number of rotatable bonds is 4. The Hall–Kier alpha value is -1.99. The number of hydrogen-bond donors (Lipinski definition) is 2. The van der Waals surface area contributed by atoms with E-state index in [1.807, 2.05) is 0 Å². The van der Waals surface area contributed by atoms with Crippen molar-refractivity contribution in [3.63, 3.8) is 0 Å². The first-order valence-electron chi connectivity index (χ1n) is 5.60. The fourth-order valence-corrected chi connectivity index (χ4v) is 2.83. The van der Waals surface area contributed by atoms with Crippen LogP contribution in [0.15, 0.2) is 47.4 Å². The van der Waals surface area contributed by atoms with Crippen molar-refractivity contribution in [2.75, 3.05) is 4.72 Å². The van der Waals surface area contributed by atoms with E-state index in [4.69, 9.17) is 5.11 Å². The smallest absolute Gasteiger partial charge is 0.264 e. The Morgan fingerprint density at radius 1 is 1.10 bits per heavy atom. The van der Waals surface area contributed by atoms with Gasteiger partial charge < -0.3 is 5.11 Å². The highest BCUT2D eigenvalue weighted by Gasteiger charge is 2.20. The molecule has 0 aliphatic heterocycles. The maximum Gasteiger partial charge on any atom is 0.264 e. The minimum atomic E-state index is -4.28. The van der Waals surface area contributed by atoms with Crippen molar-refractivity contribution in [3.8, 4) is 0 Å². The Morgan fingerprint density at radius 2 is 1.80 bits per heavy atom.